The molecular weight excluding hydrogens is 447 g/mol. The number of hydrogen-bond donors (Lipinski definition) is 0. The van der Waals surface area contributed by atoms with Crippen LogP contribution in [0.25, 0.3) is 0 Å². The number of hydrogen-bond acceptors (Lipinski definition) is 17. The first-order valence-electron chi connectivity index (χ1n) is 3.10. The molecular formula is N6O17Zr. The third-order valence-electron chi connectivity index (χ3n) is 0. The van der Waals surface area contributed by atoms with Crippen LogP contribution in [0.2, 0.25) is 0 Å². The van der Waals surface area contributed by atoms with Gasteiger partial charge in [0.1, 0.15) is 0 Å². The van der Waals surface area contributed by atoms with Crippen molar-refractivity contribution in [3.63, 3.8) is 0 Å². The van der Waals surface area contributed by atoms with Gasteiger partial charge < -0.3 is 76.6 Å². The summed E-state index contributed by atoms with van der Waals surface area (Å²) in [5, 5.41) is 74.8. The molecule has 0 bridgehead atoms. The van der Waals surface area contributed by atoms with E-state index in [0.717, 1.165) is 5.04 Å². The van der Waals surface area contributed by atoms with Crippen LogP contribution in [0.15, 0.2) is 0 Å². The molecule has 0 atom stereocenters. The minimum absolute atomic E-state index is 0. The van der Waals surface area contributed by atoms with Gasteiger partial charge in [-0.3, -0.25) is 0 Å². The van der Waals surface area contributed by atoms with Crippen molar-refractivity contribution in [2.24, 2.45) is 0 Å². The molecule has 0 radical (unpaired) electrons. The summed E-state index contributed by atoms with van der Waals surface area (Å²) in [5.41, 5.74) is 0. The molecule has 24 heteroatoms. The Kier molecular flexibility index (Phi) is 76.1. The van der Waals surface area contributed by atoms with Crippen molar-refractivity contribution >= 4 is 0 Å². The Labute approximate surface area is 143 Å². The van der Waals surface area contributed by atoms with E-state index in [-0.39, 0.29) is 26.2 Å². The molecule has 0 fully saturated rings. The Morgan fingerprint density at radius 1 is 0.417 bits per heavy atom. The van der Waals surface area contributed by atoms with Crippen molar-refractivity contribution in [3.05, 3.63) is 86.4 Å². The SMILES string of the molecule is O=[N+]([O-])[O-].O=[N+]([O-])[O-].O=[N+]([O-])[O-].O=[N+]([O-])[O-].O=[N+]([O-])[O-].O=[N+]=O.[Zr+4]. The summed E-state index contributed by atoms with van der Waals surface area (Å²) in [4.78, 5) is 57.2. The smallest absolute Gasteiger partial charge is 0.356 e. The van der Waals surface area contributed by atoms with Crippen molar-refractivity contribution in [2.45, 2.75) is 0 Å². The van der Waals surface area contributed by atoms with Crippen LogP contribution in [-0.4, -0.2) is 25.4 Å². The Hall–Kier alpha value is -3.81. The van der Waals surface area contributed by atoms with E-state index < -0.39 is 25.4 Å². The Morgan fingerprint density at radius 3 is 0.417 bits per heavy atom. The monoisotopic (exact) mass is 446 g/mol. The summed E-state index contributed by atoms with van der Waals surface area (Å²) in [6.45, 7) is 0. The predicted octanol–water partition coefficient (Wildman–Crippen LogP) is -1.61. The minimum atomic E-state index is -1.75. The van der Waals surface area contributed by atoms with Gasteiger partial charge in [0.25, 0.3) is 0 Å². The van der Waals surface area contributed by atoms with Gasteiger partial charge in [0.15, 0.2) is 0 Å². The largest absolute Gasteiger partial charge is 4.00 e. The maximum atomic E-state index is 8.25. The standard InChI is InChI=1S/5NO3.NO2.Zr/c5*2-1(3)4;2-1-3;/q5*-1;+1;+4. The second-order valence-corrected chi connectivity index (χ2v) is 1.19. The predicted molar refractivity (Wildman–Crippen MR) is 60.7 cm³/mol. The summed E-state index contributed by atoms with van der Waals surface area (Å²) in [6, 6.07) is 0. The van der Waals surface area contributed by atoms with Gasteiger partial charge in [-0.2, -0.15) is 0 Å². The van der Waals surface area contributed by atoms with Gasteiger partial charge in [-0.25, -0.2) is 0 Å². The molecule has 23 nitrogen and oxygen atoms in total. The summed E-state index contributed by atoms with van der Waals surface area (Å²) < 4.78 is 0. The molecule has 24 heavy (non-hydrogen) atoms. The molecule has 0 aliphatic carbocycles. The van der Waals surface area contributed by atoms with Crippen LogP contribution in [0, 0.1) is 86.4 Å². The molecule has 0 aliphatic heterocycles. The van der Waals surface area contributed by atoms with E-state index in [4.69, 9.17) is 86.4 Å². The maximum absolute atomic E-state index is 8.25. The topological polar surface area (TPSA) is 379 Å². The Balaban J connectivity index is -0.0000000287. The number of nitrogens with zero attached hydrogens (tertiary/aromatic N) is 6. The van der Waals surface area contributed by atoms with Gasteiger partial charge in [0.2, 0.25) is 9.81 Å². The van der Waals surface area contributed by atoms with Crippen molar-refractivity contribution in [2.75, 3.05) is 0 Å². The summed E-state index contributed by atoms with van der Waals surface area (Å²) >= 11 is 0. The van der Waals surface area contributed by atoms with Crippen LogP contribution in [0.4, 0.5) is 0 Å². The van der Waals surface area contributed by atoms with E-state index in [2.05, 4.69) is 0 Å². The minimum Gasteiger partial charge on any atom is -0.356 e. The van der Waals surface area contributed by atoms with Gasteiger partial charge in [-0.1, -0.05) is 0 Å². The van der Waals surface area contributed by atoms with Crippen LogP contribution >= 0.6 is 0 Å². The van der Waals surface area contributed by atoms with Crippen LogP contribution in [0.1, 0.15) is 0 Å². The first-order valence-corrected chi connectivity index (χ1v) is 3.10. The third kappa shape index (κ3) is 371. The summed E-state index contributed by atoms with van der Waals surface area (Å²) in [7, 11) is 0. The molecule has 0 aromatic heterocycles. The fraction of sp³-hybridized carbons (Fsp3) is 0. The molecule has 0 saturated heterocycles. The molecule has 0 saturated carbocycles. The normalized spacial score (nSPS) is 5.33. The first-order chi connectivity index (χ1) is 10.1. The quantitative estimate of drug-likeness (QED) is 0.228. The van der Waals surface area contributed by atoms with Crippen molar-refractivity contribution in [3.8, 4) is 0 Å². The third-order valence-corrected chi connectivity index (χ3v) is 0. The second kappa shape index (κ2) is 42.7. The molecule has 0 spiro atoms. The Morgan fingerprint density at radius 2 is 0.417 bits per heavy atom. The molecule has 0 aromatic carbocycles. The van der Waals surface area contributed by atoms with Gasteiger partial charge in [0.05, 0.1) is 25.4 Å². The zero-order valence-corrected chi connectivity index (χ0v) is 12.6. The molecule has 0 heterocycles. The van der Waals surface area contributed by atoms with E-state index in [9.17, 15) is 0 Å². The van der Waals surface area contributed by atoms with E-state index in [1.54, 1.807) is 0 Å². The number of nitroso groups, excluding NO2 is 2. The molecule has 0 aromatic rings. The van der Waals surface area contributed by atoms with E-state index in [0.29, 0.717) is 0 Å². The second-order valence-electron chi connectivity index (χ2n) is 1.19. The maximum Gasteiger partial charge on any atom is 4.00 e. The molecule has 0 aliphatic rings. The van der Waals surface area contributed by atoms with Gasteiger partial charge in [0, 0.05) is 0 Å². The molecule has 0 N–H and O–H groups in total. The zero-order chi connectivity index (χ0) is 20.6. The molecule has 0 rings (SSSR count). The summed E-state index contributed by atoms with van der Waals surface area (Å²) in [6.07, 6.45) is 0. The molecule has 0 amide bonds. The molecule has 136 valence electrons. The first kappa shape index (κ1) is 42.7. The average molecular weight is 447 g/mol. The average Bonchev–Trinajstić information content (AvgIpc) is 2.11. The fourth-order valence-corrected chi connectivity index (χ4v) is 0. The van der Waals surface area contributed by atoms with Crippen molar-refractivity contribution in [1.29, 1.82) is 0 Å². The Bertz CT molecular complexity index is 278. The summed E-state index contributed by atoms with van der Waals surface area (Å²) in [5.74, 6) is 0. The van der Waals surface area contributed by atoms with Gasteiger partial charge in [-0.05, 0) is 0 Å². The van der Waals surface area contributed by atoms with E-state index in [1.807, 2.05) is 0 Å². The van der Waals surface area contributed by atoms with Gasteiger partial charge >= 0.3 is 31.2 Å². The number of rotatable bonds is 0. The van der Waals surface area contributed by atoms with Crippen molar-refractivity contribution < 1.29 is 51.6 Å². The zero-order valence-electron chi connectivity index (χ0n) is 10.1. The van der Waals surface area contributed by atoms with Crippen LogP contribution < -0.4 is 5.04 Å². The van der Waals surface area contributed by atoms with E-state index in [1.165, 1.54) is 0 Å². The van der Waals surface area contributed by atoms with E-state index >= 15 is 0 Å². The fourth-order valence-electron chi connectivity index (χ4n) is 0. The molecule has 0 unspecified atom stereocenters. The van der Waals surface area contributed by atoms with Crippen LogP contribution in [-0.2, 0) is 26.2 Å². The van der Waals surface area contributed by atoms with Gasteiger partial charge in [-0.15, -0.1) is 0 Å². The van der Waals surface area contributed by atoms with Crippen LogP contribution in [0.5, 0.6) is 0 Å². The van der Waals surface area contributed by atoms with Crippen LogP contribution in [0.3, 0.4) is 0 Å². The van der Waals surface area contributed by atoms with Crippen molar-refractivity contribution in [1.82, 2.24) is 5.04 Å².